The zero-order valence-electron chi connectivity index (χ0n) is 13.0. The van der Waals surface area contributed by atoms with Crippen molar-refractivity contribution in [2.45, 2.75) is 50.2 Å². The molecule has 7 nitrogen and oxygen atoms in total. The molecule has 0 bridgehead atoms. The number of hydrogen-bond donors (Lipinski definition) is 3. The van der Waals surface area contributed by atoms with Gasteiger partial charge in [0.15, 0.2) is 5.82 Å². The van der Waals surface area contributed by atoms with E-state index >= 15 is 0 Å². The van der Waals surface area contributed by atoms with Crippen LogP contribution in [0.2, 0.25) is 0 Å². The van der Waals surface area contributed by atoms with E-state index in [-0.39, 0.29) is 11.6 Å². The van der Waals surface area contributed by atoms with Crippen molar-refractivity contribution in [2.24, 2.45) is 5.73 Å². The molecular formula is C16H19N7. The maximum atomic E-state index is 9.17. The average Bonchev–Trinajstić information content (AvgIpc) is 3.23. The SMILES string of the molecule is CC1(Nc2nc(C#N)cc3cnc(NC4CC(N)C4)nc23)CC1. The second kappa shape index (κ2) is 5.03. The van der Waals surface area contributed by atoms with Crippen molar-refractivity contribution in [3.63, 3.8) is 0 Å². The van der Waals surface area contributed by atoms with Crippen LogP contribution in [0.15, 0.2) is 12.3 Å². The molecule has 2 aromatic heterocycles. The number of anilines is 2. The van der Waals surface area contributed by atoms with Crippen LogP contribution in [0.1, 0.15) is 38.3 Å². The van der Waals surface area contributed by atoms with Gasteiger partial charge in [-0.05, 0) is 38.7 Å². The van der Waals surface area contributed by atoms with Gasteiger partial charge in [-0.3, -0.25) is 0 Å². The molecule has 118 valence electrons. The van der Waals surface area contributed by atoms with Crippen LogP contribution in [0, 0.1) is 11.3 Å². The molecule has 2 heterocycles. The van der Waals surface area contributed by atoms with E-state index in [1.165, 1.54) is 0 Å². The van der Waals surface area contributed by atoms with Gasteiger partial charge in [-0.1, -0.05) is 0 Å². The molecule has 0 saturated heterocycles. The molecule has 2 aliphatic carbocycles. The fraction of sp³-hybridized carbons (Fsp3) is 0.500. The summed E-state index contributed by atoms with van der Waals surface area (Å²) >= 11 is 0. The van der Waals surface area contributed by atoms with E-state index in [4.69, 9.17) is 11.0 Å². The molecule has 0 aliphatic heterocycles. The lowest BCUT2D eigenvalue weighted by molar-refractivity contribution is 0.372. The fourth-order valence-corrected chi connectivity index (χ4v) is 2.81. The number of nitrogens with zero attached hydrogens (tertiary/aromatic N) is 4. The van der Waals surface area contributed by atoms with Crippen LogP contribution < -0.4 is 16.4 Å². The predicted octanol–water partition coefficient (Wildman–Crippen LogP) is 1.76. The van der Waals surface area contributed by atoms with Gasteiger partial charge in [0.25, 0.3) is 0 Å². The van der Waals surface area contributed by atoms with E-state index in [1.807, 2.05) is 0 Å². The molecule has 2 aromatic rings. The van der Waals surface area contributed by atoms with Crippen molar-refractivity contribution in [3.05, 3.63) is 18.0 Å². The van der Waals surface area contributed by atoms with E-state index in [1.54, 1.807) is 12.3 Å². The first-order valence-corrected chi connectivity index (χ1v) is 7.93. The molecule has 4 rings (SSSR count). The number of nitrogens with one attached hydrogen (secondary N) is 2. The first-order chi connectivity index (χ1) is 11.0. The molecule has 2 fully saturated rings. The summed E-state index contributed by atoms with van der Waals surface area (Å²) in [6.45, 7) is 2.15. The maximum absolute atomic E-state index is 9.17. The molecule has 0 radical (unpaired) electrons. The van der Waals surface area contributed by atoms with Crippen LogP contribution in [-0.2, 0) is 0 Å². The summed E-state index contributed by atoms with van der Waals surface area (Å²) in [7, 11) is 0. The van der Waals surface area contributed by atoms with E-state index in [9.17, 15) is 0 Å². The van der Waals surface area contributed by atoms with Crippen molar-refractivity contribution in [1.82, 2.24) is 15.0 Å². The smallest absolute Gasteiger partial charge is 0.223 e. The van der Waals surface area contributed by atoms with Gasteiger partial charge in [0.2, 0.25) is 5.95 Å². The van der Waals surface area contributed by atoms with Crippen LogP contribution in [0.5, 0.6) is 0 Å². The number of nitrogens with two attached hydrogens (primary N) is 1. The number of fused-ring (bicyclic) bond motifs is 1. The summed E-state index contributed by atoms with van der Waals surface area (Å²) in [6.07, 6.45) is 5.82. The molecule has 7 heteroatoms. The van der Waals surface area contributed by atoms with Gasteiger partial charge in [0.1, 0.15) is 17.3 Å². The Morgan fingerprint density at radius 3 is 2.78 bits per heavy atom. The molecule has 2 saturated carbocycles. The maximum Gasteiger partial charge on any atom is 0.223 e. The normalized spacial score (nSPS) is 24.6. The van der Waals surface area contributed by atoms with Crippen LogP contribution in [0.4, 0.5) is 11.8 Å². The molecule has 0 aromatic carbocycles. The summed E-state index contributed by atoms with van der Waals surface area (Å²) in [4.78, 5) is 13.4. The highest BCUT2D eigenvalue weighted by Crippen LogP contribution is 2.39. The molecule has 0 unspecified atom stereocenters. The van der Waals surface area contributed by atoms with Crippen LogP contribution in [0.25, 0.3) is 10.9 Å². The first kappa shape index (κ1) is 14.2. The lowest BCUT2D eigenvalue weighted by atomic mass is 9.88. The molecule has 0 spiro atoms. The van der Waals surface area contributed by atoms with Gasteiger partial charge in [-0.25, -0.2) is 15.0 Å². The second-order valence-corrected chi connectivity index (χ2v) is 6.86. The van der Waals surface area contributed by atoms with Crippen LogP contribution in [0.3, 0.4) is 0 Å². The minimum absolute atomic E-state index is 0.0628. The minimum Gasteiger partial charge on any atom is -0.363 e. The summed E-state index contributed by atoms with van der Waals surface area (Å²) < 4.78 is 0. The van der Waals surface area contributed by atoms with Gasteiger partial charge in [0.05, 0.1) is 0 Å². The number of pyridine rings is 1. The standard InChI is InChI=1S/C16H19N7/c1-16(2-3-16)23-14-13-9(4-12(7-17)20-14)8-19-15(22-13)21-11-5-10(18)6-11/h4,8,10-11H,2-3,5-6,18H2,1H3,(H,20,23)(H,19,21,22). The summed E-state index contributed by atoms with van der Waals surface area (Å²) in [5.41, 5.74) is 7.00. The second-order valence-electron chi connectivity index (χ2n) is 6.86. The summed E-state index contributed by atoms with van der Waals surface area (Å²) in [5.74, 6) is 1.25. The average molecular weight is 309 g/mol. The van der Waals surface area contributed by atoms with Crippen molar-refractivity contribution < 1.29 is 0 Å². The predicted molar refractivity (Wildman–Crippen MR) is 87.9 cm³/mol. The lowest BCUT2D eigenvalue weighted by Crippen LogP contribution is -2.44. The highest BCUT2D eigenvalue weighted by atomic mass is 15.2. The highest BCUT2D eigenvalue weighted by Gasteiger charge is 2.38. The zero-order chi connectivity index (χ0) is 16.0. The third kappa shape index (κ3) is 2.78. The third-order valence-corrected chi connectivity index (χ3v) is 4.61. The van der Waals surface area contributed by atoms with Crippen molar-refractivity contribution >= 4 is 22.7 Å². The van der Waals surface area contributed by atoms with Gasteiger partial charge in [-0.15, -0.1) is 0 Å². The summed E-state index contributed by atoms with van der Waals surface area (Å²) in [5, 5.41) is 16.7. The topological polar surface area (TPSA) is 113 Å². The Hall–Kier alpha value is -2.46. The molecule has 4 N–H and O–H groups in total. The van der Waals surface area contributed by atoms with E-state index in [0.29, 0.717) is 23.5 Å². The van der Waals surface area contributed by atoms with Crippen molar-refractivity contribution in [1.29, 1.82) is 5.26 Å². The molecule has 0 amide bonds. The molecule has 23 heavy (non-hydrogen) atoms. The Morgan fingerprint density at radius 1 is 1.35 bits per heavy atom. The fourth-order valence-electron chi connectivity index (χ4n) is 2.81. The largest absolute Gasteiger partial charge is 0.363 e. The zero-order valence-corrected chi connectivity index (χ0v) is 13.0. The Kier molecular flexibility index (Phi) is 3.10. The van der Waals surface area contributed by atoms with Gasteiger partial charge < -0.3 is 16.4 Å². The quantitative estimate of drug-likeness (QED) is 0.788. The molecular weight excluding hydrogens is 290 g/mol. The van der Waals surface area contributed by atoms with E-state index in [2.05, 4.69) is 38.6 Å². The number of rotatable bonds is 4. The Morgan fingerprint density at radius 2 is 2.13 bits per heavy atom. The Balaban J connectivity index is 1.70. The van der Waals surface area contributed by atoms with Gasteiger partial charge in [0, 0.05) is 29.2 Å². The molecule has 2 aliphatic rings. The van der Waals surface area contributed by atoms with Gasteiger partial charge in [-0.2, -0.15) is 5.26 Å². The minimum atomic E-state index is 0.0628. The van der Waals surface area contributed by atoms with E-state index in [0.717, 1.165) is 36.6 Å². The van der Waals surface area contributed by atoms with E-state index < -0.39 is 0 Å². The number of aromatic nitrogens is 3. The van der Waals surface area contributed by atoms with Crippen LogP contribution in [-0.4, -0.2) is 32.6 Å². The van der Waals surface area contributed by atoms with Gasteiger partial charge >= 0.3 is 0 Å². The number of hydrogen-bond acceptors (Lipinski definition) is 7. The Labute approximate surface area is 134 Å². The third-order valence-electron chi connectivity index (χ3n) is 4.61. The first-order valence-electron chi connectivity index (χ1n) is 7.93. The van der Waals surface area contributed by atoms with Crippen LogP contribution >= 0.6 is 0 Å². The Bertz CT molecular complexity index is 800. The number of nitriles is 1. The molecule has 0 atom stereocenters. The van der Waals surface area contributed by atoms with Crippen molar-refractivity contribution in [2.75, 3.05) is 10.6 Å². The summed E-state index contributed by atoms with van der Waals surface area (Å²) in [6, 6.07) is 4.44. The highest BCUT2D eigenvalue weighted by molar-refractivity contribution is 5.89. The van der Waals surface area contributed by atoms with Crippen molar-refractivity contribution in [3.8, 4) is 6.07 Å². The monoisotopic (exact) mass is 309 g/mol. The lowest BCUT2D eigenvalue weighted by Gasteiger charge is -2.32.